The topological polar surface area (TPSA) is 3.24 Å². The molecule has 1 heteroatoms. The lowest BCUT2D eigenvalue weighted by Crippen LogP contribution is -2.60. The van der Waals surface area contributed by atoms with Gasteiger partial charge in [-0.2, -0.15) is 0 Å². The smallest absolute Gasteiger partial charge is 0.0410 e. The molecule has 1 aromatic carbocycles. The van der Waals surface area contributed by atoms with Crippen LogP contribution in [0.2, 0.25) is 0 Å². The van der Waals surface area contributed by atoms with E-state index in [1.54, 1.807) is 0 Å². The number of para-hydroxylation sites is 1. The van der Waals surface area contributed by atoms with E-state index < -0.39 is 0 Å². The van der Waals surface area contributed by atoms with Crippen molar-refractivity contribution in [2.45, 2.75) is 51.0 Å². The van der Waals surface area contributed by atoms with Crippen molar-refractivity contribution in [1.82, 2.24) is 0 Å². The Kier molecular flexibility index (Phi) is 2.65. The van der Waals surface area contributed by atoms with Crippen LogP contribution in [0.15, 0.2) is 30.3 Å². The summed E-state index contributed by atoms with van der Waals surface area (Å²) in [4.78, 5) is 2.75. The van der Waals surface area contributed by atoms with Gasteiger partial charge in [0.15, 0.2) is 0 Å². The number of hydrogen-bond acceptors (Lipinski definition) is 1. The summed E-state index contributed by atoms with van der Waals surface area (Å²) >= 11 is 0. The molecule has 5 rings (SSSR count). The van der Waals surface area contributed by atoms with Crippen molar-refractivity contribution < 1.29 is 0 Å². The minimum atomic E-state index is 0.505. The summed E-state index contributed by atoms with van der Waals surface area (Å²) in [5, 5.41) is 0. The predicted molar refractivity (Wildman–Crippen MR) is 80.4 cm³/mol. The number of nitrogens with zero attached hydrogens (tertiary/aromatic N) is 1. The zero-order chi connectivity index (χ0) is 12.9. The summed E-state index contributed by atoms with van der Waals surface area (Å²) in [5.74, 6) is 3.09. The average molecular weight is 255 g/mol. The SMILES string of the molecule is CCN(c1ccccc1)C12CC3CC(CC(C3)C1)C2. The van der Waals surface area contributed by atoms with Crippen molar-refractivity contribution in [3.8, 4) is 0 Å². The fraction of sp³-hybridized carbons (Fsp3) is 0.667. The number of hydrogen-bond donors (Lipinski definition) is 0. The Bertz CT molecular complexity index is 415. The maximum absolute atomic E-state index is 2.75. The highest BCUT2D eigenvalue weighted by molar-refractivity contribution is 5.49. The van der Waals surface area contributed by atoms with Crippen molar-refractivity contribution in [3.63, 3.8) is 0 Å². The van der Waals surface area contributed by atoms with E-state index in [0.717, 1.165) is 24.3 Å². The highest BCUT2D eigenvalue weighted by atomic mass is 15.2. The van der Waals surface area contributed by atoms with Gasteiger partial charge in [0.25, 0.3) is 0 Å². The van der Waals surface area contributed by atoms with Crippen LogP contribution in [0, 0.1) is 17.8 Å². The van der Waals surface area contributed by atoms with Crippen LogP contribution in [-0.2, 0) is 0 Å². The quantitative estimate of drug-likeness (QED) is 0.769. The molecule has 4 aliphatic rings. The molecule has 4 bridgehead atoms. The van der Waals surface area contributed by atoms with E-state index >= 15 is 0 Å². The molecule has 0 aliphatic heterocycles. The van der Waals surface area contributed by atoms with Crippen molar-refractivity contribution in [3.05, 3.63) is 30.3 Å². The Morgan fingerprint density at radius 3 is 1.95 bits per heavy atom. The van der Waals surface area contributed by atoms with Gasteiger partial charge in [-0.15, -0.1) is 0 Å². The van der Waals surface area contributed by atoms with E-state index in [-0.39, 0.29) is 0 Å². The third-order valence-electron chi connectivity index (χ3n) is 5.96. The highest BCUT2D eigenvalue weighted by Crippen LogP contribution is 2.58. The zero-order valence-corrected chi connectivity index (χ0v) is 12.0. The predicted octanol–water partition coefficient (Wildman–Crippen LogP) is 4.48. The maximum atomic E-state index is 2.75. The number of anilines is 1. The van der Waals surface area contributed by atoms with E-state index in [1.165, 1.54) is 44.2 Å². The molecule has 0 heterocycles. The Balaban J connectivity index is 1.70. The van der Waals surface area contributed by atoms with Gasteiger partial charge >= 0.3 is 0 Å². The maximum Gasteiger partial charge on any atom is 0.0410 e. The van der Waals surface area contributed by atoms with Crippen LogP contribution >= 0.6 is 0 Å². The van der Waals surface area contributed by atoms with Gasteiger partial charge < -0.3 is 4.90 Å². The van der Waals surface area contributed by atoms with Gasteiger partial charge in [-0.1, -0.05) is 18.2 Å². The van der Waals surface area contributed by atoms with E-state index in [1.807, 2.05) is 0 Å². The lowest BCUT2D eigenvalue weighted by atomic mass is 9.52. The first kappa shape index (κ1) is 11.8. The minimum Gasteiger partial charge on any atom is -0.366 e. The fourth-order valence-corrected chi connectivity index (χ4v) is 5.80. The summed E-state index contributed by atoms with van der Waals surface area (Å²) in [6, 6.07) is 11.1. The van der Waals surface area contributed by atoms with Gasteiger partial charge in [0.1, 0.15) is 0 Å². The van der Waals surface area contributed by atoms with Crippen molar-refractivity contribution >= 4 is 5.69 Å². The molecular weight excluding hydrogens is 230 g/mol. The van der Waals surface area contributed by atoms with Gasteiger partial charge in [0, 0.05) is 17.8 Å². The molecule has 0 spiro atoms. The third kappa shape index (κ3) is 1.81. The summed E-state index contributed by atoms with van der Waals surface area (Å²) in [6.45, 7) is 3.50. The second-order valence-electron chi connectivity index (χ2n) is 7.22. The molecule has 4 saturated carbocycles. The molecule has 0 N–H and O–H groups in total. The first-order valence-corrected chi connectivity index (χ1v) is 8.12. The normalized spacial score (nSPS) is 39.5. The van der Waals surface area contributed by atoms with Crippen LogP contribution in [0.3, 0.4) is 0 Å². The molecule has 102 valence electrons. The van der Waals surface area contributed by atoms with Gasteiger partial charge in [0.05, 0.1) is 0 Å². The van der Waals surface area contributed by atoms with Crippen LogP contribution in [0.4, 0.5) is 5.69 Å². The monoisotopic (exact) mass is 255 g/mol. The molecule has 0 aromatic heterocycles. The van der Waals surface area contributed by atoms with Crippen LogP contribution in [0.25, 0.3) is 0 Å². The average Bonchev–Trinajstić information content (AvgIpc) is 2.38. The summed E-state index contributed by atoms with van der Waals surface area (Å²) in [7, 11) is 0. The standard InChI is InChI=1S/C18H25N/c1-2-19(17-6-4-3-5-7-17)18-11-14-8-15(12-18)10-16(9-14)13-18/h3-7,14-16H,2,8-13H2,1H3. The summed E-state index contributed by atoms with van der Waals surface area (Å²) in [5.41, 5.74) is 1.96. The molecule has 0 atom stereocenters. The van der Waals surface area contributed by atoms with E-state index in [9.17, 15) is 0 Å². The highest BCUT2D eigenvalue weighted by Gasteiger charge is 2.53. The fourth-order valence-electron chi connectivity index (χ4n) is 5.80. The van der Waals surface area contributed by atoms with Gasteiger partial charge in [-0.25, -0.2) is 0 Å². The molecule has 4 fully saturated rings. The summed E-state index contributed by atoms with van der Waals surface area (Å²) in [6.07, 6.45) is 8.98. The Morgan fingerprint density at radius 1 is 0.947 bits per heavy atom. The van der Waals surface area contributed by atoms with Crippen LogP contribution in [-0.4, -0.2) is 12.1 Å². The third-order valence-corrected chi connectivity index (χ3v) is 5.96. The Hall–Kier alpha value is -0.980. The number of rotatable bonds is 3. The van der Waals surface area contributed by atoms with Gasteiger partial charge in [-0.05, 0) is 75.3 Å². The minimum absolute atomic E-state index is 0.505. The van der Waals surface area contributed by atoms with Crippen molar-refractivity contribution in [2.75, 3.05) is 11.4 Å². The molecule has 0 saturated heterocycles. The largest absolute Gasteiger partial charge is 0.366 e. The summed E-state index contributed by atoms with van der Waals surface area (Å²) < 4.78 is 0. The molecule has 0 radical (unpaired) electrons. The van der Waals surface area contributed by atoms with E-state index in [4.69, 9.17) is 0 Å². The van der Waals surface area contributed by atoms with Crippen molar-refractivity contribution in [2.24, 2.45) is 17.8 Å². The molecular formula is C18H25N. The molecule has 1 aromatic rings. The molecule has 1 nitrogen and oxygen atoms in total. The lowest BCUT2D eigenvalue weighted by molar-refractivity contribution is -0.00388. The van der Waals surface area contributed by atoms with E-state index in [0.29, 0.717) is 5.54 Å². The van der Waals surface area contributed by atoms with Crippen LogP contribution < -0.4 is 4.90 Å². The van der Waals surface area contributed by atoms with Gasteiger partial charge in [-0.3, -0.25) is 0 Å². The lowest BCUT2D eigenvalue weighted by Gasteiger charge is -2.61. The molecule has 0 amide bonds. The Labute approximate surface area is 117 Å². The Morgan fingerprint density at radius 2 is 1.47 bits per heavy atom. The van der Waals surface area contributed by atoms with Crippen LogP contribution in [0.5, 0.6) is 0 Å². The molecule has 4 aliphatic carbocycles. The molecule has 19 heavy (non-hydrogen) atoms. The van der Waals surface area contributed by atoms with Gasteiger partial charge in [0.2, 0.25) is 0 Å². The van der Waals surface area contributed by atoms with Crippen LogP contribution in [0.1, 0.15) is 45.4 Å². The van der Waals surface area contributed by atoms with Crippen molar-refractivity contribution in [1.29, 1.82) is 0 Å². The first-order chi connectivity index (χ1) is 9.29. The van der Waals surface area contributed by atoms with E-state index in [2.05, 4.69) is 42.2 Å². The molecule has 0 unspecified atom stereocenters. The second-order valence-corrected chi connectivity index (χ2v) is 7.22. The number of benzene rings is 1. The first-order valence-electron chi connectivity index (χ1n) is 8.12. The zero-order valence-electron chi connectivity index (χ0n) is 12.0. The second kappa shape index (κ2) is 4.26.